The molecule has 4 nitrogen and oxygen atoms in total. The van der Waals surface area contributed by atoms with Crippen LogP contribution in [0.4, 0.5) is 4.39 Å². The largest absolute Gasteiger partial charge is 0.465 e. The van der Waals surface area contributed by atoms with Crippen molar-refractivity contribution in [3.05, 3.63) is 31.1 Å². The van der Waals surface area contributed by atoms with Crippen LogP contribution in [0.25, 0.3) is 0 Å². The van der Waals surface area contributed by atoms with Gasteiger partial charge in [-0.2, -0.15) is 0 Å². The van der Waals surface area contributed by atoms with Crippen molar-refractivity contribution in [3.63, 3.8) is 0 Å². The highest BCUT2D eigenvalue weighted by molar-refractivity contribution is 14.1. The summed E-state index contributed by atoms with van der Waals surface area (Å²) >= 11 is 4.90. The second-order valence-corrected chi connectivity index (χ2v) is 5.10. The van der Waals surface area contributed by atoms with E-state index in [0.29, 0.717) is 3.57 Å². The molecule has 0 saturated carbocycles. The van der Waals surface area contributed by atoms with E-state index in [9.17, 15) is 14.0 Å². The quantitative estimate of drug-likeness (QED) is 0.466. The Hall–Kier alpha value is -0.700. The van der Waals surface area contributed by atoms with E-state index in [1.54, 1.807) is 0 Å². The number of rotatable bonds is 3. The lowest BCUT2D eigenvalue weighted by atomic mass is 10.0. The van der Waals surface area contributed by atoms with Crippen LogP contribution in [0.2, 0.25) is 0 Å². The maximum Gasteiger partial charge on any atom is 0.338 e. The Morgan fingerprint density at radius 3 is 2.65 bits per heavy atom. The Kier molecular flexibility index (Phi) is 4.87. The van der Waals surface area contributed by atoms with Crippen molar-refractivity contribution >= 4 is 50.4 Å². The van der Waals surface area contributed by atoms with Crippen LogP contribution in [-0.4, -0.2) is 19.0 Å². The monoisotopic (exact) mass is 415 g/mol. The van der Waals surface area contributed by atoms with E-state index in [1.165, 1.54) is 13.2 Å². The van der Waals surface area contributed by atoms with Crippen molar-refractivity contribution in [2.45, 2.75) is 6.42 Å². The molecule has 0 spiro atoms. The number of hydrogen-bond acceptors (Lipinski definition) is 3. The first-order chi connectivity index (χ1) is 7.88. The smallest absolute Gasteiger partial charge is 0.338 e. The highest BCUT2D eigenvalue weighted by Crippen LogP contribution is 2.28. The van der Waals surface area contributed by atoms with Crippen molar-refractivity contribution in [1.29, 1.82) is 0 Å². The molecule has 17 heavy (non-hydrogen) atoms. The number of hydrogen-bond donors (Lipinski definition) is 1. The molecule has 0 aliphatic heterocycles. The fourth-order valence-corrected chi connectivity index (χ4v) is 2.17. The van der Waals surface area contributed by atoms with Crippen molar-refractivity contribution in [3.8, 4) is 0 Å². The maximum atomic E-state index is 13.9. The molecule has 7 heteroatoms. The van der Waals surface area contributed by atoms with Gasteiger partial charge in [0.15, 0.2) is 0 Å². The Balaban J connectivity index is 3.45. The molecule has 0 bridgehead atoms. The maximum absolute atomic E-state index is 13.9. The summed E-state index contributed by atoms with van der Waals surface area (Å²) in [5.41, 5.74) is 4.97. The minimum absolute atomic E-state index is 0.0106. The van der Waals surface area contributed by atoms with Crippen LogP contribution in [-0.2, 0) is 16.0 Å². The third kappa shape index (κ3) is 3.15. The normalized spacial score (nSPS) is 10.1. The summed E-state index contributed by atoms with van der Waals surface area (Å²) in [5, 5.41) is 0. The summed E-state index contributed by atoms with van der Waals surface area (Å²) in [6, 6.07) is 1.44. The predicted octanol–water partition coefficient (Wildman–Crippen LogP) is 2.01. The van der Waals surface area contributed by atoms with E-state index in [2.05, 4.69) is 20.7 Å². The number of methoxy groups -OCH3 is 1. The van der Waals surface area contributed by atoms with Gasteiger partial charge in [0.2, 0.25) is 5.91 Å². The third-order valence-electron chi connectivity index (χ3n) is 2.02. The average Bonchev–Trinajstić information content (AvgIpc) is 2.28. The van der Waals surface area contributed by atoms with Gasteiger partial charge in [-0.05, 0) is 44.6 Å². The lowest BCUT2D eigenvalue weighted by Crippen LogP contribution is -2.18. The lowest BCUT2D eigenvalue weighted by Gasteiger charge is -2.10. The fourth-order valence-electron chi connectivity index (χ4n) is 1.27. The molecular weight excluding hydrogens is 408 g/mol. The Labute approximate surface area is 119 Å². The van der Waals surface area contributed by atoms with Crippen molar-refractivity contribution in [1.82, 2.24) is 0 Å². The summed E-state index contributed by atoms with van der Waals surface area (Å²) in [6.45, 7) is 0. The van der Waals surface area contributed by atoms with Crippen LogP contribution >= 0.6 is 38.5 Å². The van der Waals surface area contributed by atoms with Crippen LogP contribution in [0.15, 0.2) is 10.5 Å². The molecule has 0 unspecified atom stereocenters. The van der Waals surface area contributed by atoms with E-state index in [4.69, 9.17) is 5.73 Å². The molecule has 92 valence electrons. The number of amides is 1. The zero-order chi connectivity index (χ0) is 13.2. The zero-order valence-electron chi connectivity index (χ0n) is 8.72. The lowest BCUT2D eigenvalue weighted by molar-refractivity contribution is -0.117. The van der Waals surface area contributed by atoms with Gasteiger partial charge < -0.3 is 10.5 Å². The molecule has 0 heterocycles. The van der Waals surface area contributed by atoms with E-state index in [0.717, 1.165) is 0 Å². The highest BCUT2D eigenvalue weighted by atomic mass is 127. The van der Waals surface area contributed by atoms with E-state index in [1.807, 2.05) is 22.6 Å². The number of ether oxygens (including phenoxy) is 1. The van der Waals surface area contributed by atoms with Crippen LogP contribution in [0.5, 0.6) is 0 Å². The number of esters is 1. The first-order valence-electron chi connectivity index (χ1n) is 4.41. The SMILES string of the molecule is COC(=O)c1cc(I)c(Br)c(F)c1CC(N)=O. The Bertz CT molecular complexity index is 493. The molecule has 0 aromatic heterocycles. The van der Waals surface area contributed by atoms with Crippen molar-refractivity contribution < 1.29 is 18.7 Å². The van der Waals surface area contributed by atoms with Gasteiger partial charge >= 0.3 is 5.97 Å². The molecule has 0 aliphatic rings. The van der Waals surface area contributed by atoms with Gasteiger partial charge in [0.25, 0.3) is 0 Å². The Morgan fingerprint density at radius 2 is 2.18 bits per heavy atom. The molecule has 0 fully saturated rings. The van der Waals surface area contributed by atoms with Crippen molar-refractivity contribution in [2.75, 3.05) is 7.11 Å². The van der Waals surface area contributed by atoms with Gasteiger partial charge in [0, 0.05) is 9.13 Å². The second kappa shape index (κ2) is 5.76. The summed E-state index contributed by atoms with van der Waals surface area (Å²) in [4.78, 5) is 22.3. The highest BCUT2D eigenvalue weighted by Gasteiger charge is 2.21. The first-order valence-corrected chi connectivity index (χ1v) is 6.28. The molecule has 1 aromatic carbocycles. The van der Waals surface area contributed by atoms with Gasteiger partial charge in [-0.3, -0.25) is 4.79 Å². The minimum Gasteiger partial charge on any atom is -0.465 e. The summed E-state index contributed by atoms with van der Waals surface area (Å²) in [5.74, 6) is -2.09. The van der Waals surface area contributed by atoms with Gasteiger partial charge in [0.1, 0.15) is 5.82 Å². The molecule has 2 N–H and O–H groups in total. The van der Waals surface area contributed by atoms with Crippen molar-refractivity contribution in [2.24, 2.45) is 5.73 Å². The van der Waals surface area contributed by atoms with E-state index >= 15 is 0 Å². The zero-order valence-corrected chi connectivity index (χ0v) is 12.5. The number of nitrogens with two attached hydrogens (primary N) is 1. The van der Waals surface area contributed by atoms with Gasteiger partial charge in [-0.25, -0.2) is 9.18 Å². The predicted molar refractivity (Wildman–Crippen MR) is 71.1 cm³/mol. The number of benzene rings is 1. The van der Waals surface area contributed by atoms with Gasteiger partial charge in [-0.1, -0.05) is 0 Å². The van der Waals surface area contributed by atoms with E-state index < -0.39 is 17.7 Å². The summed E-state index contributed by atoms with van der Waals surface area (Å²) in [7, 11) is 1.18. The van der Waals surface area contributed by atoms with Gasteiger partial charge in [0.05, 0.1) is 23.6 Å². The molecule has 0 aliphatic carbocycles. The van der Waals surface area contributed by atoms with Crippen LogP contribution in [0, 0.1) is 9.39 Å². The molecule has 1 aromatic rings. The topological polar surface area (TPSA) is 69.4 Å². The summed E-state index contributed by atoms with van der Waals surface area (Å²) in [6.07, 6.45) is -0.355. The van der Waals surface area contributed by atoms with Gasteiger partial charge in [-0.15, -0.1) is 0 Å². The molecule has 0 radical (unpaired) electrons. The molecule has 1 rings (SSSR count). The second-order valence-electron chi connectivity index (χ2n) is 3.15. The first kappa shape index (κ1) is 14.4. The summed E-state index contributed by atoms with van der Waals surface area (Å²) < 4.78 is 19.1. The third-order valence-corrected chi connectivity index (χ3v) is 4.39. The number of halogens is 3. The van der Waals surface area contributed by atoms with Crippen LogP contribution in [0.1, 0.15) is 15.9 Å². The number of carbonyl (C=O) groups excluding carboxylic acids is 2. The minimum atomic E-state index is -0.720. The number of carbonyl (C=O) groups is 2. The molecule has 1 amide bonds. The fraction of sp³-hybridized carbons (Fsp3) is 0.200. The molecule has 0 atom stereocenters. The average molecular weight is 416 g/mol. The Morgan fingerprint density at radius 1 is 1.59 bits per heavy atom. The number of primary amides is 1. The van der Waals surface area contributed by atoms with Crippen LogP contribution < -0.4 is 5.73 Å². The van der Waals surface area contributed by atoms with E-state index in [-0.39, 0.29) is 22.0 Å². The molecule has 0 saturated heterocycles. The molecular formula is C10H8BrFINO3. The van der Waals surface area contributed by atoms with Crippen LogP contribution in [0.3, 0.4) is 0 Å². The standard InChI is InChI=1S/C10H8BrFINO3/c1-17-10(16)5-2-6(13)8(11)9(12)4(5)3-7(14)15/h2H,3H2,1H3,(H2,14,15).